The number of anilines is 1. The van der Waals surface area contributed by atoms with Gasteiger partial charge in [0.2, 0.25) is 0 Å². The van der Waals surface area contributed by atoms with E-state index < -0.39 is 0 Å². The number of nitrogens with zero attached hydrogens (tertiary/aromatic N) is 5. The number of pyridine rings is 1. The van der Waals surface area contributed by atoms with Gasteiger partial charge in [-0.1, -0.05) is 6.07 Å². The Kier molecular flexibility index (Phi) is 4.38. The lowest BCUT2D eigenvalue weighted by Gasteiger charge is -2.38. The molecule has 2 saturated heterocycles. The summed E-state index contributed by atoms with van der Waals surface area (Å²) in [5.41, 5.74) is 3.46. The van der Waals surface area contributed by atoms with Crippen LogP contribution in [0.15, 0.2) is 47.4 Å². The molecule has 5 heterocycles. The van der Waals surface area contributed by atoms with Gasteiger partial charge in [0.05, 0.1) is 24.3 Å². The minimum absolute atomic E-state index is 0.317. The first kappa shape index (κ1) is 16.8. The summed E-state index contributed by atoms with van der Waals surface area (Å²) in [7, 11) is 2.21. The number of furan rings is 1. The van der Waals surface area contributed by atoms with Gasteiger partial charge >= 0.3 is 0 Å². The van der Waals surface area contributed by atoms with Crippen LogP contribution in [0.25, 0.3) is 5.65 Å². The molecule has 0 N–H and O–H groups in total. The van der Waals surface area contributed by atoms with Crippen molar-refractivity contribution in [1.29, 1.82) is 0 Å². The maximum Gasteiger partial charge on any atom is 0.138 e. The van der Waals surface area contributed by atoms with E-state index in [0.29, 0.717) is 6.04 Å². The van der Waals surface area contributed by atoms with Crippen molar-refractivity contribution in [3.05, 3.63) is 54.2 Å². The van der Waals surface area contributed by atoms with Crippen molar-refractivity contribution in [2.45, 2.75) is 25.4 Å². The third kappa shape index (κ3) is 3.24. The van der Waals surface area contributed by atoms with Gasteiger partial charge in [0.15, 0.2) is 0 Å². The normalized spacial score (nSPS) is 22.1. The summed E-state index contributed by atoms with van der Waals surface area (Å²) in [4.78, 5) is 12.4. The Morgan fingerprint density at radius 3 is 2.81 bits per heavy atom. The Bertz CT molecular complexity index is 897. The second kappa shape index (κ2) is 7.02. The Morgan fingerprint density at radius 1 is 1.11 bits per heavy atom. The van der Waals surface area contributed by atoms with E-state index in [2.05, 4.69) is 56.6 Å². The van der Waals surface area contributed by atoms with Crippen molar-refractivity contribution in [2.75, 3.05) is 44.7 Å². The van der Waals surface area contributed by atoms with E-state index in [9.17, 15) is 0 Å². The second-order valence-corrected chi connectivity index (χ2v) is 7.84. The molecule has 2 aliphatic heterocycles. The fraction of sp³-hybridized carbons (Fsp3) is 0.476. The monoisotopic (exact) mass is 365 g/mol. The number of likely N-dealkylation sites (N-methyl/N-ethyl adjacent to an activating group) is 1. The number of hydrogen-bond acceptors (Lipinski definition) is 5. The molecule has 0 radical (unpaired) electrons. The minimum atomic E-state index is 0.317. The highest BCUT2D eigenvalue weighted by Gasteiger charge is 2.28. The van der Waals surface area contributed by atoms with Crippen molar-refractivity contribution in [1.82, 2.24) is 19.2 Å². The van der Waals surface area contributed by atoms with E-state index in [4.69, 9.17) is 9.40 Å². The molecule has 0 spiro atoms. The van der Waals surface area contributed by atoms with E-state index >= 15 is 0 Å². The molecule has 6 nitrogen and oxygen atoms in total. The second-order valence-electron chi connectivity index (χ2n) is 7.84. The maximum absolute atomic E-state index is 5.23. The number of piperazine rings is 1. The molecule has 0 bridgehead atoms. The van der Waals surface area contributed by atoms with Gasteiger partial charge in [-0.2, -0.15) is 0 Å². The lowest BCUT2D eigenvalue weighted by Crippen LogP contribution is -2.46. The molecule has 6 heteroatoms. The maximum atomic E-state index is 5.23. The highest BCUT2D eigenvalue weighted by molar-refractivity contribution is 5.53. The molecule has 3 aromatic rings. The number of imidazole rings is 1. The van der Waals surface area contributed by atoms with Crippen LogP contribution >= 0.6 is 0 Å². The van der Waals surface area contributed by atoms with Crippen molar-refractivity contribution < 1.29 is 4.42 Å². The smallest absolute Gasteiger partial charge is 0.138 e. The summed E-state index contributed by atoms with van der Waals surface area (Å²) < 4.78 is 7.51. The largest absolute Gasteiger partial charge is 0.472 e. The third-order valence-corrected chi connectivity index (χ3v) is 5.98. The van der Waals surface area contributed by atoms with E-state index in [0.717, 1.165) is 44.9 Å². The van der Waals surface area contributed by atoms with Gasteiger partial charge in [-0.15, -0.1) is 0 Å². The number of fused-ring (bicyclic) bond motifs is 1. The van der Waals surface area contributed by atoms with Crippen LogP contribution in [-0.2, 0) is 6.54 Å². The lowest BCUT2D eigenvalue weighted by molar-refractivity contribution is 0.0884. The summed E-state index contributed by atoms with van der Waals surface area (Å²) in [6, 6.07) is 8.85. The van der Waals surface area contributed by atoms with Gasteiger partial charge in [0.25, 0.3) is 0 Å². The van der Waals surface area contributed by atoms with Crippen LogP contribution in [0.1, 0.15) is 30.1 Å². The summed E-state index contributed by atoms with van der Waals surface area (Å²) in [6.07, 6.45) is 8.43. The van der Waals surface area contributed by atoms with Crippen LogP contribution in [0, 0.1) is 0 Å². The number of hydrogen-bond donors (Lipinski definition) is 0. The Labute approximate surface area is 160 Å². The van der Waals surface area contributed by atoms with E-state index in [1.165, 1.54) is 29.9 Å². The molecule has 2 fully saturated rings. The van der Waals surface area contributed by atoms with Gasteiger partial charge < -0.3 is 9.32 Å². The van der Waals surface area contributed by atoms with E-state index in [-0.39, 0.29) is 0 Å². The van der Waals surface area contributed by atoms with Crippen molar-refractivity contribution in [2.24, 2.45) is 0 Å². The molecule has 3 aromatic heterocycles. The van der Waals surface area contributed by atoms with Crippen molar-refractivity contribution in [3.8, 4) is 0 Å². The van der Waals surface area contributed by atoms with Crippen LogP contribution < -0.4 is 4.90 Å². The molecule has 0 aliphatic carbocycles. The zero-order chi connectivity index (χ0) is 18.2. The van der Waals surface area contributed by atoms with Crippen molar-refractivity contribution >= 4 is 11.5 Å². The molecule has 0 saturated carbocycles. The van der Waals surface area contributed by atoms with Gasteiger partial charge in [-0.25, -0.2) is 4.98 Å². The Hall–Kier alpha value is -2.31. The molecule has 0 amide bonds. The van der Waals surface area contributed by atoms with Crippen LogP contribution in [0.5, 0.6) is 0 Å². The van der Waals surface area contributed by atoms with Gasteiger partial charge in [0, 0.05) is 51.0 Å². The number of aromatic nitrogens is 2. The molecule has 1 atom stereocenters. The first-order valence-corrected chi connectivity index (χ1v) is 9.94. The molecular weight excluding hydrogens is 338 g/mol. The van der Waals surface area contributed by atoms with Gasteiger partial charge in [0.1, 0.15) is 11.5 Å². The van der Waals surface area contributed by atoms with Crippen LogP contribution in [0.4, 0.5) is 5.82 Å². The first-order chi connectivity index (χ1) is 13.3. The van der Waals surface area contributed by atoms with Gasteiger partial charge in [-0.3, -0.25) is 14.2 Å². The summed E-state index contributed by atoms with van der Waals surface area (Å²) in [6.45, 7) is 6.35. The SMILES string of the molecule is CN1CCN(Cc2ccoc2)C[C@H]1c1cn2c(N3CCCC3)cccc2n1. The molecular formula is C21H27N5O. The predicted molar refractivity (Wildman–Crippen MR) is 106 cm³/mol. The standard InChI is InChI=1S/C21H27N5O/c1-23-10-11-24(13-17-7-12-27-16-17)15-19(23)18-14-26-20(22-18)5-4-6-21(26)25-8-2-3-9-25/h4-7,12,14,16,19H,2-3,8-11,13,15H2,1H3/t19-/m0/s1. The first-order valence-electron chi connectivity index (χ1n) is 9.94. The van der Waals surface area contributed by atoms with E-state index in [1.807, 2.05) is 6.26 Å². The van der Waals surface area contributed by atoms with Crippen LogP contribution in [0.3, 0.4) is 0 Å². The minimum Gasteiger partial charge on any atom is -0.472 e. The quantitative estimate of drug-likeness (QED) is 0.711. The topological polar surface area (TPSA) is 40.2 Å². The molecule has 142 valence electrons. The molecule has 27 heavy (non-hydrogen) atoms. The predicted octanol–water partition coefficient (Wildman–Crippen LogP) is 3.02. The van der Waals surface area contributed by atoms with Crippen LogP contribution in [0.2, 0.25) is 0 Å². The van der Waals surface area contributed by atoms with E-state index in [1.54, 1.807) is 6.26 Å². The average Bonchev–Trinajstić information content (AvgIpc) is 3.44. The fourth-order valence-electron chi connectivity index (χ4n) is 4.41. The Morgan fingerprint density at radius 2 is 2.00 bits per heavy atom. The summed E-state index contributed by atoms with van der Waals surface area (Å²) in [5.74, 6) is 1.28. The molecule has 5 rings (SSSR count). The highest BCUT2D eigenvalue weighted by Crippen LogP contribution is 2.28. The average molecular weight is 365 g/mol. The molecule has 0 aromatic carbocycles. The lowest BCUT2D eigenvalue weighted by atomic mass is 10.1. The molecule has 0 unspecified atom stereocenters. The van der Waals surface area contributed by atoms with Crippen LogP contribution in [-0.4, -0.2) is 59.0 Å². The zero-order valence-electron chi connectivity index (χ0n) is 15.9. The molecule has 2 aliphatic rings. The van der Waals surface area contributed by atoms with Crippen molar-refractivity contribution in [3.63, 3.8) is 0 Å². The zero-order valence-corrected chi connectivity index (χ0v) is 15.9. The Balaban J connectivity index is 1.42. The summed E-state index contributed by atoms with van der Waals surface area (Å²) >= 11 is 0. The fourth-order valence-corrected chi connectivity index (χ4v) is 4.41. The highest BCUT2D eigenvalue weighted by atomic mass is 16.3. The summed E-state index contributed by atoms with van der Waals surface area (Å²) in [5, 5.41) is 0. The number of rotatable bonds is 4. The third-order valence-electron chi connectivity index (χ3n) is 5.98. The van der Waals surface area contributed by atoms with Gasteiger partial charge in [-0.05, 0) is 38.1 Å².